The molecule has 0 heterocycles. The Morgan fingerprint density at radius 3 is 2.16 bits per heavy atom. The minimum absolute atomic E-state index is 0.0600. The van der Waals surface area contributed by atoms with Gasteiger partial charge in [0.15, 0.2) is 0 Å². The van der Waals surface area contributed by atoms with Crippen molar-refractivity contribution in [2.75, 3.05) is 18.4 Å². The van der Waals surface area contributed by atoms with Crippen molar-refractivity contribution < 1.29 is 25.4 Å². The normalized spacial score (nSPS) is 13.1. The van der Waals surface area contributed by atoms with E-state index in [0.29, 0.717) is 47.4 Å². The molecule has 12 nitrogen and oxygen atoms in total. The fourth-order valence-corrected chi connectivity index (χ4v) is 4.36. The SMILES string of the molecule is [2H]N[C@@H](C)C(=O)N[C@@H](CCC(=O)N[C@@H](C)C(=O)NCCCCNC(=O)Cc1ccccc1Nc1c(Cl)cccc1Cl)C(N)=O. The summed E-state index contributed by atoms with van der Waals surface area (Å²) in [5.74, 6) is -2.46. The van der Waals surface area contributed by atoms with E-state index in [-0.39, 0.29) is 31.1 Å². The number of primary amides is 1. The zero-order chi connectivity index (χ0) is 32.6. The Hall–Kier alpha value is -3.87. The van der Waals surface area contributed by atoms with Crippen LogP contribution in [0.1, 0.15) is 45.1 Å². The molecule has 0 aliphatic heterocycles. The number of halogens is 2. The Labute approximate surface area is 262 Å². The summed E-state index contributed by atoms with van der Waals surface area (Å²) in [5.41, 5.74) is 9.34. The zero-order valence-electron chi connectivity index (χ0n) is 25.1. The molecule has 14 heteroatoms. The van der Waals surface area contributed by atoms with E-state index in [1.807, 2.05) is 30.0 Å². The maximum atomic E-state index is 12.6. The van der Waals surface area contributed by atoms with Gasteiger partial charge in [0.05, 0.1) is 28.2 Å². The van der Waals surface area contributed by atoms with Crippen molar-refractivity contribution in [2.45, 2.75) is 64.1 Å². The van der Waals surface area contributed by atoms with Crippen molar-refractivity contribution in [3.05, 3.63) is 58.1 Å². The summed E-state index contributed by atoms with van der Waals surface area (Å²) in [5, 5.41) is 14.7. The number of carbonyl (C=O) groups excluding carboxylic acids is 5. The van der Waals surface area contributed by atoms with E-state index in [0.717, 1.165) is 5.56 Å². The predicted octanol–water partition coefficient (Wildman–Crippen LogP) is 1.89. The average Bonchev–Trinajstić information content (AvgIpc) is 2.98. The smallest absolute Gasteiger partial charge is 0.242 e. The van der Waals surface area contributed by atoms with E-state index in [4.69, 9.17) is 30.3 Å². The van der Waals surface area contributed by atoms with Crippen LogP contribution in [0.4, 0.5) is 11.4 Å². The van der Waals surface area contributed by atoms with E-state index in [1.54, 1.807) is 18.2 Å². The molecule has 234 valence electrons. The summed E-state index contributed by atoms with van der Waals surface area (Å²) in [7, 11) is 0. The van der Waals surface area contributed by atoms with Gasteiger partial charge in [0.2, 0.25) is 29.5 Å². The number of nitrogens with one attached hydrogen (secondary N) is 5. The third-order valence-corrected chi connectivity index (χ3v) is 6.93. The standard InChI is InChI=1S/C29H39Cl2N7O5/c1-17(32)28(42)38-23(27(33)41)12-13-24(39)36-18(2)29(43)35-15-6-5-14-34-25(40)16-19-8-3-4-11-22(19)37-26-20(30)9-7-10-21(26)31/h3-4,7-11,17-18,23,37H,5-6,12-16,32H2,1-2H3,(H2,33,41)(H,34,40)(H,35,43)(H,36,39)(H,38,42)/t17-,18-,23-/m0/s1/i/hD. The van der Waals surface area contributed by atoms with Crippen LogP contribution in [0.2, 0.25) is 11.5 Å². The maximum absolute atomic E-state index is 12.6. The first kappa shape index (κ1) is 33.6. The summed E-state index contributed by atoms with van der Waals surface area (Å²) in [4.78, 5) is 60.7. The fourth-order valence-electron chi connectivity index (χ4n) is 3.86. The Bertz CT molecular complexity index is 1300. The first-order valence-electron chi connectivity index (χ1n) is 14.3. The van der Waals surface area contributed by atoms with Gasteiger partial charge in [-0.3, -0.25) is 24.0 Å². The molecule has 0 saturated carbocycles. The first-order valence-corrected chi connectivity index (χ1v) is 14.6. The minimum Gasteiger partial charge on any atom is -0.368 e. The number of para-hydroxylation sites is 2. The van der Waals surface area contributed by atoms with Crippen LogP contribution in [-0.2, 0) is 30.4 Å². The Morgan fingerprint density at radius 2 is 1.51 bits per heavy atom. The van der Waals surface area contributed by atoms with Gasteiger partial charge in [0.25, 0.3) is 0 Å². The van der Waals surface area contributed by atoms with E-state index >= 15 is 0 Å². The van der Waals surface area contributed by atoms with E-state index in [1.165, 1.54) is 13.8 Å². The lowest BCUT2D eigenvalue weighted by atomic mass is 10.1. The highest BCUT2D eigenvalue weighted by Gasteiger charge is 2.22. The van der Waals surface area contributed by atoms with Gasteiger partial charge in [0, 0.05) is 25.2 Å². The molecule has 0 fully saturated rings. The third-order valence-electron chi connectivity index (χ3n) is 6.30. The van der Waals surface area contributed by atoms with Crippen molar-refractivity contribution in [2.24, 2.45) is 11.5 Å². The molecule has 0 aliphatic rings. The first-order chi connectivity index (χ1) is 20.9. The summed E-state index contributed by atoms with van der Waals surface area (Å²) in [6, 6.07) is 9.78. The molecule has 9 N–H and O–H groups in total. The zero-order valence-corrected chi connectivity index (χ0v) is 25.6. The molecule has 0 radical (unpaired) electrons. The molecule has 0 aliphatic carbocycles. The highest BCUT2D eigenvalue weighted by atomic mass is 35.5. The topological polar surface area (TPSA) is 198 Å². The molecule has 0 spiro atoms. The van der Waals surface area contributed by atoms with Gasteiger partial charge in [-0.05, 0) is 56.9 Å². The molecular weight excluding hydrogens is 597 g/mol. The van der Waals surface area contributed by atoms with E-state index < -0.39 is 35.8 Å². The van der Waals surface area contributed by atoms with Gasteiger partial charge >= 0.3 is 0 Å². The molecule has 2 aromatic carbocycles. The number of nitrogens with two attached hydrogens (primary N) is 2. The van der Waals surface area contributed by atoms with Crippen LogP contribution in [0.25, 0.3) is 0 Å². The lowest BCUT2D eigenvalue weighted by Crippen LogP contribution is -2.50. The molecule has 3 atom stereocenters. The molecule has 0 unspecified atom stereocenters. The molecule has 43 heavy (non-hydrogen) atoms. The van der Waals surface area contributed by atoms with Crippen LogP contribution in [0.3, 0.4) is 0 Å². The van der Waals surface area contributed by atoms with Crippen molar-refractivity contribution in [3.8, 4) is 0 Å². The highest BCUT2D eigenvalue weighted by molar-refractivity contribution is 6.39. The largest absolute Gasteiger partial charge is 0.368 e. The quantitative estimate of drug-likeness (QED) is 0.121. The number of hydrogen-bond donors (Lipinski definition) is 7. The average molecular weight is 638 g/mol. The molecule has 2 rings (SSSR count). The van der Waals surface area contributed by atoms with Gasteiger partial charge in [-0.1, -0.05) is 47.5 Å². The molecule has 5 amide bonds. The number of unbranched alkanes of at least 4 members (excludes halogenated alkanes) is 1. The maximum Gasteiger partial charge on any atom is 0.242 e. The number of amides is 5. The lowest BCUT2D eigenvalue weighted by Gasteiger charge is -2.18. The van der Waals surface area contributed by atoms with E-state index in [9.17, 15) is 24.0 Å². The fraction of sp³-hybridized carbons (Fsp3) is 0.414. The van der Waals surface area contributed by atoms with Crippen molar-refractivity contribution in [1.82, 2.24) is 21.3 Å². The number of rotatable bonds is 18. The summed E-state index contributed by atoms with van der Waals surface area (Å²) in [6.45, 7) is 3.72. The van der Waals surface area contributed by atoms with Crippen LogP contribution < -0.4 is 38.0 Å². The predicted molar refractivity (Wildman–Crippen MR) is 167 cm³/mol. The second kappa shape index (κ2) is 17.9. The van der Waals surface area contributed by atoms with Crippen LogP contribution in [-0.4, -0.2) is 60.8 Å². The van der Waals surface area contributed by atoms with Gasteiger partial charge < -0.3 is 38.0 Å². The van der Waals surface area contributed by atoms with Crippen LogP contribution in [0.15, 0.2) is 42.5 Å². The monoisotopic (exact) mass is 636 g/mol. The molecule has 0 bridgehead atoms. The Morgan fingerprint density at radius 1 is 0.860 bits per heavy atom. The number of anilines is 2. The lowest BCUT2D eigenvalue weighted by molar-refractivity contribution is -0.130. The third kappa shape index (κ3) is 12.5. The van der Waals surface area contributed by atoms with Gasteiger partial charge in [-0.2, -0.15) is 0 Å². The van der Waals surface area contributed by atoms with Crippen molar-refractivity contribution in [1.29, 1.82) is 0 Å². The Kier molecular flexibility index (Phi) is 14.0. The second-order valence-electron chi connectivity index (χ2n) is 9.92. The highest BCUT2D eigenvalue weighted by Crippen LogP contribution is 2.33. The van der Waals surface area contributed by atoms with Gasteiger partial charge in [-0.15, -0.1) is 0 Å². The van der Waals surface area contributed by atoms with Crippen LogP contribution in [0.5, 0.6) is 0 Å². The van der Waals surface area contributed by atoms with Gasteiger partial charge in [-0.25, -0.2) is 0 Å². The molecule has 2 aromatic rings. The molecule has 0 saturated heterocycles. The van der Waals surface area contributed by atoms with Crippen molar-refractivity contribution >= 4 is 64.1 Å². The minimum atomic E-state index is -1.09. The Balaban J connectivity index is 1.67. The van der Waals surface area contributed by atoms with Crippen molar-refractivity contribution in [3.63, 3.8) is 0 Å². The molecular formula is C29H39Cl2N7O5. The van der Waals surface area contributed by atoms with Crippen LogP contribution in [0, 0.1) is 0 Å². The second-order valence-corrected chi connectivity index (χ2v) is 10.7. The van der Waals surface area contributed by atoms with E-state index in [2.05, 4.69) is 26.6 Å². The van der Waals surface area contributed by atoms with Gasteiger partial charge in [0.1, 0.15) is 13.5 Å². The number of benzene rings is 2. The van der Waals surface area contributed by atoms with Crippen LogP contribution >= 0.6 is 23.2 Å². The summed E-state index contributed by atoms with van der Waals surface area (Å²) < 4.78 is 7.01. The summed E-state index contributed by atoms with van der Waals surface area (Å²) >= 11 is 12.5. The number of carbonyl (C=O) groups is 5. The number of hydrogen-bond acceptors (Lipinski definition) is 7. The molecule has 0 aromatic heterocycles. The summed E-state index contributed by atoms with van der Waals surface area (Å²) in [6.07, 6.45) is 1.16.